The van der Waals surface area contributed by atoms with Gasteiger partial charge in [0.15, 0.2) is 5.69 Å². The van der Waals surface area contributed by atoms with E-state index in [1.165, 1.54) is 16.7 Å². The zero-order valence-corrected chi connectivity index (χ0v) is 15.0. The predicted octanol–water partition coefficient (Wildman–Crippen LogP) is 4.21. The van der Waals surface area contributed by atoms with Gasteiger partial charge in [0.1, 0.15) is 5.82 Å². The van der Waals surface area contributed by atoms with Crippen molar-refractivity contribution in [3.8, 4) is 0 Å². The first-order chi connectivity index (χ1) is 12.6. The first-order valence-corrected chi connectivity index (χ1v) is 8.67. The Hall–Kier alpha value is -3.21. The summed E-state index contributed by atoms with van der Waals surface area (Å²) in [6.45, 7) is 4.82. The van der Waals surface area contributed by atoms with E-state index < -0.39 is 0 Å². The highest BCUT2D eigenvalue weighted by molar-refractivity contribution is 6.02. The van der Waals surface area contributed by atoms with Crippen molar-refractivity contribution >= 4 is 17.4 Å². The zero-order valence-electron chi connectivity index (χ0n) is 15.0. The average molecular weight is 346 g/mol. The third kappa shape index (κ3) is 4.66. The summed E-state index contributed by atoms with van der Waals surface area (Å²) in [5, 5.41) is 14.1. The lowest BCUT2D eigenvalue weighted by Gasteiger charge is -2.07. The van der Waals surface area contributed by atoms with E-state index in [1.54, 1.807) is 12.1 Å². The van der Waals surface area contributed by atoms with Crippen LogP contribution in [-0.2, 0) is 13.0 Å². The summed E-state index contributed by atoms with van der Waals surface area (Å²) in [6, 6.07) is 19.5. The fourth-order valence-corrected chi connectivity index (χ4v) is 2.58. The molecule has 0 bridgehead atoms. The fourth-order valence-electron chi connectivity index (χ4n) is 2.58. The smallest absolute Gasteiger partial charge is 0.276 e. The molecule has 0 atom stereocenters. The number of carbonyl (C=O) groups excluding carboxylic acids is 1. The van der Waals surface area contributed by atoms with Gasteiger partial charge in [-0.05, 0) is 48.7 Å². The van der Waals surface area contributed by atoms with Gasteiger partial charge in [0.05, 0.1) is 0 Å². The Bertz CT molecular complexity index is 873. The van der Waals surface area contributed by atoms with E-state index in [1.807, 2.05) is 30.3 Å². The number of benzene rings is 2. The highest BCUT2D eigenvalue weighted by Crippen LogP contribution is 2.12. The van der Waals surface area contributed by atoms with Crippen LogP contribution < -0.4 is 10.6 Å². The number of nitrogens with one attached hydrogen (secondary N) is 2. The maximum Gasteiger partial charge on any atom is 0.276 e. The molecule has 26 heavy (non-hydrogen) atoms. The molecule has 0 aliphatic heterocycles. The van der Waals surface area contributed by atoms with Gasteiger partial charge in [0.2, 0.25) is 0 Å². The summed E-state index contributed by atoms with van der Waals surface area (Å²) in [6.07, 6.45) is 0.969. The predicted molar refractivity (Wildman–Crippen MR) is 104 cm³/mol. The maximum atomic E-state index is 12.3. The van der Waals surface area contributed by atoms with Crippen molar-refractivity contribution in [3.63, 3.8) is 0 Å². The van der Waals surface area contributed by atoms with Crippen molar-refractivity contribution in [2.45, 2.75) is 26.8 Å². The van der Waals surface area contributed by atoms with E-state index in [9.17, 15) is 4.79 Å². The second-order valence-electron chi connectivity index (χ2n) is 6.15. The van der Waals surface area contributed by atoms with Crippen molar-refractivity contribution in [3.05, 3.63) is 83.0 Å². The lowest BCUT2D eigenvalue weighted by Crippen LogP contribution is -2.15. The highest BCUT2D eigenvalue weighted by atomic mass is 16.1. The SMILES string of the molecule is CCc1ccc(NC(=O)c2ccc(NCc3cccc(C)c3)nn2)cc1. The molecule has 0 aliphatic rings. The van der Waals surface area contributed by atoms with Gasteiger partial charge in [-0.2, -0.15) is 0 Å². The Morgan fingerprint density at radius 3 is 2.42 bits per heavy atom. The van der Waals surface area contributed by atoms with Crippen LogP contribution in [0.4, 0.5) is 11.5 Å². The molecule has 1 aromatic heterocycles. The summed E-state index contributed by atoms with van der Waals surface area (Å²) in [5.74, 6) is 0.363. The van der Waals surface area contributed by atoms with Crippen LogP contribution in [0.15, 0.2) is 60.7 Å². The van der Waals surface area contributed by atoms with Crippen molar-refractivity contribution < 1.29 is 4.79 Å². The Morgan fingerprint density at radius 2 is 1.77 bits per heavy atom. The normalized spacial score (nSPS) is 10.4. The van der Waals surface area contributed by atoms with Crippen LogP contribution in [0.5, 0.6) is 0 Å². The first-order valence-electron chi connectivity index (χ1n) is 8.67. The van der Waals surface area contributed by atoms with E-state index in [2.05, 4.69) is 52.9 Å². The van der Waals surface area contributed by atoms with E-state index in [-0.39, 0.29) is 11.6 Å². The minimum absolute atomic E-state index is 0.271. The Kier molecular flexibility index (Phi) is 5.59. The van der Waals surface area contributed by atoms with Gasteiger partial charge >= 0.3 is 0 Å². The molecule has 0 radical (unpaired) electrons. The molecule has 5 nitrogen and oxygen atoms in total. The quantitative estimate of drug-likeness (QED) is 0.701. The number of anilines is 2. The molecule has 0 aliphatic carbocycles. The number of hydrogen-bond donors (Lipinski definition) is 2. The molecule has 3 aromatic rings. The molecule has 3 rings (SSSR count). The third-order valence-electron chi connectivity index (χ3n) is 4.07. The number of hydrogen-bond acceptors (Lipinski definition) is 4. The first kappa shape index (κ1) is 17.6. The van der Waals surface area contributed by atoms with Crippen LogP contribution in [0.2, 0.25) is 0 Å². The molecule has 132 valence electrons. The number of aromatic nitrogens is 2. The van der Waals surface area contributed by atoms with Crippen molar-refractivity contribution in [1.82, 2.24) is 10.2 Å². The van der Waals surface area contributed by atoms with E-state index in [4.69, 9.17) is 0 Å². The van der Waals surface area contributed by atoms with Gasteiger partial charge in [-0.1, -0.05) is 48.9 Å². The molecule has 1 amide bonds. The monoisotopic (exact) mass is 346 g/mol. The summed E-state index contributed by atoms with van der Waals surface area (Å²) < 4.78 is 0. The minimum atomic E-state index is -0.271. The topological polar surface area (TPSA) is 66.9 Å². The highest BCUT2D eigenvalue weighted by Gasteiger charge is 2.08. The number of aryl methyl sites for hydroxylation is 2. The van der Waals surface area contributed by atoms with Gasteiger partial charge in [0.25, 0.3) is 5.91 Å². The number of rotatable bonds is 6. The Morgan fingerprint density at radius 1 is 0.962 bits per heavy atom. The molecule has 2 aromatic carbocycles. The summed E-state index contributed by atoms with van der Waals surface area (Å²) >= 11 is 0. The Labute approximate surface area is 153 Å². The zero-order chi connectivity index (χ0) is 18.4. The van der Waals surface area contributed by atoms with Gasteiger partial charge in [-0.3, -0.25) is 4.79 Å². The average Bonchev–Trinajstić information content (AvgIpc) is 2.67. The van der Waals surface area contributed by atoms with Crippen LogP contribution in [-0.4, -0.2) is 16.1 Å². The summed E-state index contributed by atoms with van der Waals surface area (Å²) in [4.78, 5) is 12.3. The van der Waals surface area contributed by atoms with Gasteiger partial charge in [0, 0.05) is 12.2 Å². The molecule has 0 fully saturated rings. The largest absolute Gasteiger partial charge is 0.365 e. The number of nitrogens with zero attached hydrogens (tertiary/aromatic N) is 2. The lowest BCUT2D eigenvalue weighted by molar-refractivity contribution is 0.102. The van der Waals surface area contributed by atoms with E-state index >= 15 is 0 Å². The third-order valence-corrected chi connectivity index (χ3v) is 4.07. The molecule has 2 N–H and O–H groups in total. The fraction of sp³-hybridized carbons (Fsp3) is 0.190. The van der Waals surface area contributed by atoms with Crippen LogP contribution in [0.25, 0.3) is 0 Å². The molecule has 0 unspecified atom stereocenters. The molecule has 0 saturated carbocycles. The van der Waals surface area contributed by atoms with Crippen LogP contribution in [0.3, 0.4) is 0 Å². The summed E-state index contributed by atoms with van der Waals surface area (Å²) in [7, 11) is 0. The molecule has 0 saturated heterocycles. The second kappa shape index (κ2) is 8.25. The van der Waals surface area contributed by atoms with Crippen molar-refractivity contribution in [1.29, 1.82) is 0 Å². The molecule has 0 spiro atoms. The van der Waals surface area contributed by atoms with Gasteiger partial charge in [-0.25, -0.2) is 0 Å². The molecular weight excluding hydrogens is 324 g/mol. The standard InChI is InChI=1S/C21H22N4O/c1-3-16-7-9-18(10-8-16)23-21(26)19-11-12-20(25-24-19)22-14-17-6-4-5-15(2)13-17/h4-13H,3,14H2,1-2H3,(H,22,25)(H,23,26). The van der Waals surface area contributed by atoms with Gasteiger partial charge in [-0.15, -0.1) is 10.2 Å². The second-order valence-corrected chi connectivity index (χ2v) is 6.15. The lowest BCUT2D eigenvalue weighted by atomic mass is 10.1. The van der Waals surface area contributed by atoms with Crippen molar-refractivity contribution in [2.75, 3.05) is 10.6 Å². The van der Waals surface area contributed by atoms with Crippen LogP contribution >= 0.6 is 0 Å². The van der Waals surface area contributed by atoms with Gasteiger partial charge < -0.3 is 10.6 Å². The number of carbonyl (C=O) groups is 1. The molecule has 5 heteroatoms. The van der Waals surface area contributed by atoms with E-state index in [0.717, 1.165) is 12.1 Å². The van der Waals surface area contributed by atoms with Crippen LogP contribution in [0.1, 0.15) is 34.1 Å². The number of amides is 1. The minimum Gasteiger partial charge on any atom is -0.365 e. The van der Waals surface area contributed by atoms with Crippen molar-refractivity contribution in [2.24, 2.45) is 0 Å². The molecule has 1 heterocycles. The summed E-state index contributed by atoms with van der Waals surface area (Å²) in [5.41, 5.74) is 4.65. The van der Waals surface area contributed by atoms with Crippen LogP contribution in [0, 0.1) is 6.92 Å². The molecular formula is C21H22N4O. The maximum absolute atomic E-state index is 12.3. The van der Waals surface area contributed by atoms with E-state index in [0.29, 0.717) is 12.4 Å². The Balaban J connectivity index is 1.58.